The van der Waals surface area contributed by atoms with E-state index in [1.165, 1.54) is 57.8 Å². The molecule has 17 heavy (non-hydrogen) atoms. The van der Waals surface area contributed by atoms with Gasteiger partial charge in [0.2, 0.25) is 0 Å². The summed E-state index contributed by atoms with van der Waals surface area (Å²) in [6.07, 6.45) is 12.4. The van der Waals surface area contributed by atoms with E-state index in [1.54, 1.807) is 0 Å². The zero-order chi connectivity index (χ0) is 12.3. The molecule has 2 aliphatic rings. The first-order valence-corrected chi connectivity index (χ1v) is 7.70. The van der Waals surface area contributed by atoms with Crippen molar-refractivity contribution in [2.24, 2.45) is 11.7 Å². The van der Waals surface area contributed by atoms with E-state index >= 15 is 0 Å². The summed E-state index contributed by atoms with van der Waals surface area (Å²) in [5.74, 6) is 0.922. The molecule has 0 heterocycles. The van der Waals surface area contributed by atoms with Crippen LogP contribution in [0.5, 0.6) is 0 Å². The molecule has 2 saturated carbocycles. The fraction of sp³-hybridized carbons (Fsp3) is 1.00. The van der Waals surface area contributed by atoms with Crippen molar-refractivity contribution in [3.05, 3.63) is 0 Å². The van der Waals surface area contributed by atoms with Gasteiger partial charge in [0.15, 0.2) is 0 Å². The van der Waals surface area contributed by atoms with Gasteiger partial charge in [0.25, 0.3) is 0 Å². The van der Waals surface area contributed by atoms with Crippen LogP contribution in [0.4, 0.5) is 0 Å². The van der Waals surface area contributed by atoms with E-state index in [4.69, 9.17) is 5.73 Å². The van der Waals surface area contributed by atoms with E-state index in [9.17, 15) is 0 Å². The number of likely N-dealkylation sites (N-methyl/N-ethyl adjacent to an activating group) is 1. The second-order valence-corrected chi connectivity index (χ2v) is 6.28. The van der Waals surface area contributed by atoms with Crippen LogP contribution in [0.15, 0.2) is 0 Å². The number of rotatable bonds is 3. The third kappa shape index (κ3) is 3.23. The lowest BCUT2D eigenvalue weighted by molar-refractivity contribution is 0.0778. The maximum Gasteiger partial charge on any atom is 0.0249 e. The van der Waals surface area contributed by atoms with Gasteiger partial charge in [-0.15, -0.1) is 0 Å². The van der Waals surface area contributed by atoms with Crippen LogP contribution in [0.1, 0.15) is 64.7 Å². The molecule has 0 radical (unpaired) electrons. The van der Waals surface area contributed by atoms with Gasteiger partial charge in [-0.05, 0) is 45.1 Å². The Balaban J connectivity index is 1.93. The van der Waals surface area contributed by atoms with Crippen molar-refractivity contribution in [3.63, 3.8) is 0 Å². The lowest BCUT2D eigenvalue weighted by atomic mass is 9.79. The first kappa shape index (κ1) is 13.4. The Morgan fingerprint density at radius 2 is 1.76 bits per heavy atom. The molecular weight excluding hydrogens is 208 g/mol. The predicted octanol–water partition coefficient (Wildman–Crippen LogP) is 3.16. The summed E-state index contributed by atoms with van der Waals surface area (Å²) < 4.78 is 0. The third-order valence-corrected chi connectivity index (χ3v) is 5.23. The van der Waals surface area contributed by atoms with Crippen molar-refractivity contribution in [2.45, 2.75) is 82.8 Å². The van der Waals surface area contributed by atoms with E-state index in [1.807, 2.05) is 0 Å². The zero-order valence-electron chi connectivity index (χ0n) is 11.7. The van der Waals surface area contributed by atoms with Crippen LogP contribution in [-0.2, 0) is 0 Å². The van der Waals surface area contributed by atoms with Crippen molar-refractivity contribution in [1.29, 1.82) is 0 Å². The van der Waals surface area contributed by atoms with Gasteiger partial charge in [-0.1, -0.05) is 32.6 Å². The molecule has 2 nitrogen and oxygen atoms in total. The smallest absolute Gasteiger partial charge is 0.0249 e. The summed E-state index contributed by atoms with van der Waals surface area (Å²) in [5, 5.41) is 0. The average Bonchev–Trinajstić information content (AvgIpc) is 2.39. The van der Waals surface area contributed by atoms with Crippen LogP contribution < -0.4 is 5.73 Å². The first-order valence-electron chi connectivity index (χ1n) is 7.70. The second-order valence-electron chi connectivity index (χ2n) is 6.28. The fourth-order valence-electron chi connectivity index (χ4n) is 3.85. The van der Waals surface area contributed by atoms with Crippen LogP contribution in [0.2, 0.25) is 0 Å². The van der Waals surface area contributed by atoms with Crippen molar-refractivity contribution in [3.8, 4) is 0 Å². The van der Waals surface area contributed by atoms with Gasteiger partial charge in [-0.3, -0.25) is 4.90 Å². The van der Waals surface area contributed by atoms with Gasteiger partial charge in [0.1, 0.15) is 0 Å². The number of hydrogen-bond acceptors (Lipinski definition) is 2. The van der Waals surface area contributed by atoms with Crippen LogP contribution in [0.25, 0.3) is 0 Å². The lowest BCUT2D eigenvalue weighted by Gasteiger charge is -2.44. The molecule has 2 heteroatoms. The fourth-order valence-corrected chi connectivity index (χ4v) is 3.85. The molecule has 0 aliphatic heterocycles. The molecule has 2 N–H and O–H groups in total. The molecule has 100 valence electrons. The normalized spacial score (nSPS) is 36.4. The summed E-state index contributed by atoms with van der Waals surface area (Å²) in [4.78, 5) is 2.64. The summed E-state index contributed by atoms with van der Waals surface area (Å²) in [7, 11) is 2.33. The Kier molecular flexibility index (Phi) is 4.87. The summed E-state index contributed by atoms with van der Waals surface area (Å²) >= 11 is 0. The van der Waals surface area contributed by atoms with Crippen LogP contribution in [-0.4, -0.2) is 30.1 Å². The van der Waals surface area contributed by atoms with Crippen LogP contribution in [0, 0.1) is 5.92 Å². The first-order chi connectivity index (χ1) is 8.22. The zero-order valence-corrected chi connectivity index (χ0v) is 11.7. The molecule has 0 bridgehead atoms. The van der Waals surface area contributed by atoms with E-state index in [0.29, 0.717) is 12.1 Å². The van der Waals surface area contributed by atoms with Gasteiger partial charge in [-0.25, -0.2) is 0 Å². The van der Waals surface area contributed by atoms with Crippen molar-refractivity contribution >= 4 is 0 Å². The Labute approximate surface area is 107 Å². The van der Waals surface area contributed by atoms with Gasteiger partial charge < -0.3 is 5.73 Å². The molecule has 3 unspecified atom stereocenters. The van der Waals surface area contributed by atoms with E-state index in [2.05, 4.69) is 18.9 Å². The maximum absolute atomic E-state index is 6.36. The standard InChI is InChI=1S/C15H30N2/c1-3-12-9-10-14(16)15(11-12)17(2)13-7-5-4-6-8-13/h12-15H,3-11,16H2,1-2H3. The van der Waals surface area contributed by atoms with Crippen molar-refractivity contribution < 1.29 is 0 Å². The second kappa shape index (κ2) is 6.19. The minimum atomic E-state index is 0.421. The van der Waals surface area contributed by atoms with E-state index < -0.39 is 0 Å². The highest BCUT2D eigenvalue weighted by Crippen LogP contribution is 2.32. The molecule has 2 fully saturated rings. The number of nitrogens with two attached hydrogens (primary N) is 1. The predicted molar refractivity (Wildman–Crippen MR) is 74.0 cm³/mol. The molecule has 3 atom stereocenters. The topological polar surface area (TPSA) is 29.3 Å². The minimum absolute atomic E-state index is 0.421. The summed E-state index contributed by atoms with van der Waals surface area (Å²) in [6.45, 7) is 2.33. The molecule has 2 rings (SSSR count). The van der Waals surface area contributed by atoms with Crippen LogP contribution >= 0.6 is 0 Å². The highest BCUT2D eigenvalue weighted by Gasteiger charge is 2.33. The third-order valence-electron chi connectivity index (χ3n) is 5.23. The highest BCUT2D eigenvalue weighted by atomic mass is 15.2. The molecule has 2 aliphatic carbocycles. The Morgan fingerprint density at radius 3 is 2.41 bits per heavy atom. The van der Waals surface area contributed by atoms with Crippen molar-refractivity contribution in [1.82, 2.24) is 4.90 Å². The molecular formula is C15H30N2. The monoisotopic (exact) mass is 238 g/mol. The van der Waals surface area contributed by atoms with E-state index in [0.717, 1.165) is 12.0 Å². The van der Waals surface area contributed by atoms with Crippen LogP contribution in [0.3, 0.4) is 0 Å². The molecule has 0 spiro atoms. The maximum atomic E-state index is 6.36. The SMILES string of the molecule is CCC1CCC(N)C(N(C)C2CCCCC2)C1. The molecule has 0 saturated heterocycles. The molecule has 0 aromatic carbocycles. The van der Waals surface area contributed by atoms with Crippen molar-refractivity contribution in [2.75, 3.05) is 7.05 Å². The summed E-state index contributed by atoms with van der Waals surface area (Å²) in [6, 6.07) is 1.89. The van der Waals surface area contributed by atoms with Gasteiger partial charge >= 0.3 is 0 Å². The number of nitrogens with zero attached hydrogens (tertiary/aromatic N) is 1. The Bertz CT molecular complexity index is 223. The number of hydrogen-bond donors (Lipinski definition) is 1. The Hall–Kier alpha value is -0.0800. The molecule has 0 amide bonds. The van der Waals surface area contributed by atoms with E-state index in [-0.39, 0.29) is 0 Å². The molecule has 0 aromatic heterocycles. The van der Waals surface area contributed by atoms with Gasteiger partial charge in [0.05, 0.1) is 0 Å². The average molecular weight is 238 g/mol. The summed E-state index contributed by atoms with van der Waals surface area (Å²) in [5.41, 5.74) is 6.36. The molecule has 0 aromatic rings. The lowest BCUT2D eigenvalue weighted by Crippen LogP contribution is -2.53. The quantitative estimate of drug-likeness (QED) is 0.818. The van der Waals surface area contributed by atoms with Gasteiger partial charge in [0, 0.05) is 18.1 Å². The minimum Gasteiger partial charge on any atom is -0.326 e. The Morgan fingerprint density at radius 1 is 1.06 bits per heavy atom. The highest BCUT2D eigenvalue weighted by molar-refractivity contribution is 4.91. The largest absolute Gasteiger partial charge is 0.326 e. The van der Waals surface area contributed by atoms with Gasteiger partial charge in [-0.2, -0.15) is 0 Å².